The lowest BCUT2D eigenvalue weighted by molar-refractivity contribution is -0.0497. The summed E-state index contributed by atoms with van der Waals surface area (Å²) in [5.74, 6) is -1.69. The van der Waals surface area contributed by atoms with Gasteiger partial charge in [0.1, 0.15) is 5.75 Å². The van der Waals surface area contributed by atoms with Gasteiger partial charge in [0.15, 0.2) is 18.0 Å². The van der Waals surface area contributed by atoms with Crippen LogP contribution in [0.3, 0.4) is 0 Å². The molecule has 7 nitrogen and oxygen atoms in total. The number of alkyl halides is 2. The Morgan fingerprint density at radius 3 is 3.04 bits per heavy atom. The number of nitrogens with one attached hydrogen (secondary N) is 1. The Balaban J connectivity index is 2.03. The molecule has 10 heteroatoms. The lowest BCUT2D eigenvalue weighted by Crippen LogP contribution is -2.04. The monoisotopic (exact) mass is 390 g/mol. The van der Waals surface area contributed by atoms with Crippen molar-refractivity contribution in [2.24, 2.45) is 0 Å². The number of benzene rings is 1. The quantitative estimate of drug-likeness (QED) is 0.668. The Hall–Kier alpha value is -2.75. The van der Waals surface area contributed by atoms with Gasteiger partial charge in [-0.05, 0) is 12.1 Å². The second kappa shape index (κ2) is 7.65. The molecule has 0 spiro atoms. The van der Waals surface area contributed by atoms with Crippen molar-refractivity contribution in [3.05, 3.63) is 36.1 Å². The van der Waals surface area contributed by atoms with Crippen LogP contribution in [-0.2, 0) is 16.6 Å². The zero-order valence-corrected chi connectivity index (χ0v) is 13.9. The van der Waals surface area contributed by atoms with Gasteiger partial charge < -0.3 is 19.2 Å². The molecule has 0 aliphatic carbocycles. The molecule has 0 amide bonds. The third-order valence-corrected chi connectivity index (χ3v) is 4.30. The van der Waals surface area contributed by atoms with E-state index in [4.69, 9.17) is 19.1 Å². The number of ether oxygens (including phenoxy) is 3. The maximum absolute atomic E-state index is 13.0. The van der Waals surface area contributed by atoms with Crippen molar-refractivity contribution in [2.75, 3.05) is 14.1 Å². The van der Waals surface area contributed by atoms with Gasteiger partial charge in [-0.1, -0.05) is 0 Å². The van der Waals surface area contributed by atoms with Gasteiger partial charge in [-0.2, -0.15) is 8.78 Å². The molecular weight excluding hydrogens is 368 g/mol. The van der Waals surface area contributed by atoms with Gasteiger partial charge in [0.25, 0.3) is 0 Å². The molecule has 3 rings (SSSR count). The average molecular weight is 390 g/mol. The second-order valence-corrected chi connectivity index (χ2v) is 6.04. The summed E-state index contributed by atoms with van der Waals surface area (Å²) in [6, 6.07) is -1.02. The van der Waals surface area contributed by atoms with Gasteiger partial charge in [0, 0.05) is 18.3 Å². The molecular formula is C16H15F2N3O4S. The van der Waals surface area contributed by atoms with E-state index in [9.17, 15) is 13.0 Å². The highest BCUT2D eigenvalue weighted by atomic mass is 32.2. The fraction of sp³-hybridized carbons (Fsp3) is 0.250. The van der Waals surface area contributed by atoms with Crippen LogP contribution in [0.4, 0.5) is 8.78 Å². The van der Waals surface area contributed by atoms with Gasteiger partial charge in [0.05, 0.1) is 55.7 Å². The van der Waals surface area contributed by atoms with Crippen molar-refractivity contribution in [2.45, 2.75) is 17.5 Å². The number of fused-ring (bicyclic) bond motifs is 1. The first-order valence-corrected chi connectivity index (χ1v) is 8.19. The van der Waals surface area contributed by atoms with E-state index in [1.807, 2.05) is 0 Å². The number of imidazole rings is 1. The Bertz CT molecular complexity index is 1230. The Morgan fingerprint density at radius 2 is 2.31 bits per heavy atom. The number of H-pyrrole nitrogens is 1. The standard InChI is InChI=1S/C16H15F2N3O4S/c1-23-13-5-6-19-12(14(13)24-2)8-26(22)16-20-10-4-3-9(25-15(17)18)7-11(10)21-16/h3-7,15H,8H2,1-2H3,(H,20,21)/i2D3,3D,4D,7D,15D. The van der Waals surface area contributed by atoms with E-state index in [-0.39, 0.29) is 33.4 Å². The minimum Gasteiger partial charge on any atom is -0.493 e. The zero-order valence-electron chi connectivity index (χ0n) is 20.1. The lowest BCUT2D eigenvalue weighted by atomic mass is 10.3. The fourth-order valence-corrected chi connectivity index (χ4v) is 3.07. The molecule has 2 heterocycles. The van der Waals surface area contributed by atoms with Crippen LogP contribution < -0.4 is 14.2 Å². The van der Waals surface area contributed by atoms with Crippen molar-refractivity contribution >= 4 is 21.8 Å². The molecule has 3 aromatic rings. The normalized spacial score (nSPS) is 17.1. The third kappa shape index (κ3) is 3.74. The molecule has 1 aromatic carbocycles. The van der Waals surface area contributed by atoms with Crippen LogP contribution in [0.1, 0.15) is 15.3 Å². The van der Waals surface area contributed by atoms with E-state index in [0.717, 1.165) is 0 Å². The van der Waals surface area contributed by atoms with Crippen LogP contribution in [0.2, 0.25) is 0 Å². The topological polar surface area (TPSA) is 86.3 Å². The largest absolute Gasteiger partial charge is 0.493 e. The Labute approximate surface area is 159 Å². The smallest absolute Gasteiger partial charge is 0.387 e. The van der Waals surface area contributed by atoms with E-state index in [0.29, 0.717) is 0 Å². The van der Waals surface area contributed by atoms with Crippen molar-refractivity contribution in [3.8, 4) is 17.2 Å². The summed E-state index contributed by atoms with van der Waals surface area (Å²) in [7, 11) is -3.65. The molecule has 1 N–H and O–H groups in total. The summed E-state index contributed by atoms with van der Waals surface area (Å²) >= 11 is 0. The third-order valence-electron chi connectivity index (χ3n) is 3.14. The first kappa shape index (κ1) is 11.1. The predicted molar refractivity (Wildman–Crippen MR) is 90.2 cm³/mol. The summed E-state index contributed by atoms with van der Waals surface area (Å²) in [5, 5.41) is -0.300. The van der Waals surface area contributed by atoms with Crippen LogP contribution in [-0.4, -0.2) is 39.9 Å². The van der Waals surface area contributed by atoms with Gasteiger partial charge in [-0.25, -0.2) is 4.98 Å². The molecule has 0 bridgehead atoms. The van der Waals surface area contributed by atoms with E-state index < -0.39 is 54.1 Å². The molecule has 26 heavy (non-hydrogen) atoms. The number of aromatic amines is 1. The average Bonchev–Trinajstić information content (AvgIpc) is 3.15. The minimum atomic E-state index is -4.45. The predicted octanol–water partition coefficient (Wildman–Crippen LogP) is 2.88. The Morgan fingerprint density at radius 1 is 1.46 bits per heavy atom. The summed E-state index contributed by atoms with van der Waals surface area (Å²) in [6.07, 6.45) is 1.28. The van der Waals surface area contributed by atoms with Gasteiger partial charge >= 0.3 is 6.59 Å². The van der Waals surface area contributed by atoms with E-state index in [1.54, 1.807) is 0 Å². The van der Waals surface area contributed by atoms with Crippen LogP contribution in [0.15, 0.2) is 35.5 Å². The maximum atomic E-state index is 13.0. The highest BCUT2D eigenvalue weighted by molar-refractivity contribution is 7.84. The molecule has 1 atom stereocenters. The highest BCUT2D eigenvalue weighted by Crippen LogP contribution is 2.30. The molecule has 0 radical (unpaired) electrons. The summed E-state index contributed by atoms with van der Waals surface area (Å²) in [5.41, 5.74) is -0.664. The molecule has 0 saturated heterocycles. The van der Waals surface area contributed by atoms with Crippen LogP contribution in [0.5, 0.6) is 17.2 Å². The van der Waals surface area contributed by atoms with Gasteiger partial charge in [-0.3, -0.25) is 9.19 Å². The van der Waals surface area contributed by atoms with Crippen molar-refractivity contribution < 1.29 is 36.8 Å². The van der Waals surface area contributed by atoms with Gasteiger partial charge in [-0.15, -0.1) is 0 Å². The molecule has 1 unspecified atom stereocenters. The number of aromatic nitrogens is 3. The van der Waals surface area contributed by atoms with E-state index in [2.05, 4.69) is 19.7 Å². The maximum Gasteiger partial charge on any atom is 0.387 e. The number of hydrogen-bond donors (Lipinski definition) is 1. The number of hydrogen-bond acceptors (Lipinski definition) is 6. The number of halogens is 2. The molecule has 0 saturated carbocycles. The van der Waals surface area contributed by atoms with Crippen molar-refractivity contribution in [1.82, 2.24) is 15.0 Å². The van der Waals surface area contributed by atoms with Gasteiger partial charge in [0.2, 0.25) is 0 Å². The summed E-state index contributed by atoms with van der Waals surface area (Å²) in [6.45, 7) is -4.45. The van der Waals surface area contributed by atoms with Crippen molar-refractivity contribution in [1.29, 1.82) is 0 Å². The molecule has 0 aliphatic heterocycles. The molecule has 2 aromatic heterocycles. The van der Waals surface area contributed by atoms with Crippen LogP contribution >= 0.6 is 0 Å². The van der Waals surface area contributed by atoms with E-state index in [1.165, 1.54) is 19.4 Å². The highest BCUT2D eigenvalue weighted by Gasteiger charge is 2.17. The number of rotatable bonds is 7. The van der Waals surface area contributed by atoms with Crippen molar-refractivity contribution in [3.63, 3.8) is 0 Å². The first-order valence-electron chi connectivity index (χ1n) is 10.4. The second-order valence-electron chi connectivity index (χ2n) is 4.68. The molecule has 0 fully saturated rings. The molecule has 138 valence electrons. The first-order chi connectivity index (χ1) is 15.2. The fourth-order valence-electron chi connectivity index (χ4n) is 2.07. The molecule has 0 aliphatic rings. The number of nitrogens with zero attached hydrogens (tertiary/aromatic N) is 2. The summed E-state index contributed by atoms with van der Waals surface area (Å²) in [4.78, 5) is 10.4. The zero-order chi connectivity index (χ0) is 24.7. The van der Waals surface area contributed by atoms with Crippen LogP contribution in [0.25, 0.3) is 11.0 Å². The SMILES string of the molecule is [2H]c1c(OC([2H])(F)F)c([2H])c2[nH]c(S(=O)Cc3nccc(OC)c3OC([2H])([2H])[2H])nc2c1[2H]. The Kier molecular flexibility index (Phi) is 3.25. The van der Waals surface area contributed by atoms with E-state index >= 15 is 0 Å². The number of pyridine rings is 1. The minimum absolute atomic E-state index is 0.0246. The van der Waals surface area contributed by atoms with Crippen LogP contribution in [0, 0.1) is 0 Å². The number of methoxy groups -OCH3 is 2. The summed E-state index contributed by atoms with van der Waals surface area (Å²) < 4.78 is 105. The lowest BCUT2D eigenvalue weighted by Gasteiger charge is -2.10.